The van der Waals surface area contributed by atoms with Crippen molar-refractivity contribution < 1.29 is 24.2 Å². The van der Waals surface area contributed by atoms with Crippen LogP contribution >= 0.6 is 0 Å². The molecule has 0 spiro atoms. The summed E-state index contributed by atoms with van der Waals surface area (Å²) in [6, 6.07) is 12.6. The minimum absolute atomic E-state index is 0.0509. The Balaban J connectivity index is 2.17. The van der Waals surface area contributed by atoms with Crippen molar-refractivity contribution in [2.45, 2.75) is 6.54 Å². The molecule has 0 saturated heterocycles. The summed E-state index contributed by atoms with van der Waals surface area (Å²) in [6.07, 6.45) is 0. The van der Waals surface area contributed by atoms with Gasteiger partial charge in [-0.15, -0.1) is 0 Å². The van der Waals surface area contributed by atoms with Crippen LogP contribution in [0.15, 0.2) is 48.5 Å². The predicted octanol–water partition coefficient (Wildman–Crippen LogP) is 1.39. The molecule has 118 valence electrons. The lowest BCUT2D eigenvalue weighted by Crippen LogP contribution is -2.22. The summed E-state index contributed by atoms with van der Waals surface area (Å²) in [6.45, 7) is 0.360. The molecule has 0 aliphatic carbocycles. The van der Waals surface area contributed by atoms with Crippen molar-refractivity contribution in [3.63, 3.8) is 0 Å². The molecule has 0 saturated carbocycles. The van der Waals surface area contributed by atoms with E-state index in [4.69, 9.17) is 15.6 Å². The van der Waals surface area contributed by atoms with Crippen molar-refractivity contribution >= 4 is 23.5 Å². The van der Waals surface area contributed by atoms with E-state index in [1.54, 1.807) is 36.4 Å². The number of amides is 1. The van der Waals surface area contributed by atoms with Gasteiger partial charge in [-0.2, -0.15) is 0 Å². The number of carbonyl (C=O) groups is 3. The Morgan fingerprint density at radius 3 is 2.30 bits per heavy atom. The predicted molar refractivity (Wildman–Crippen MR) is 82.0 cm³/mol. The number of carboxylic acid groups (broad SMARTS) is 1. The van der Waals surface area contributed by atoms with Gasteiger partial charge >= 0.3 is 17.8 Å². The zero-order valence-electron chi connectivity index (χ0n) is 12.0. The molecule has 0 aliphatic heterocycles. The first-order chi connectivity index (χ1) is 11.0. The van der Waals surface area contributed by atoms with E-state index >= 15 is 0 Å². The molecule has 0 aromatic heterocycles. The SMILES string of the molecule is NCc1ccc(C(=O)Oc2ccccc2NC(=O)C(=O)O)cc1. The Kier molecular flexibility index (Phi) is 5.06. The van der Waals surface area contributed by atoms with Crippen molar-refractivity contribution in [2.24, 2.45) is 5.73 Å². The highest BCUT2D eigenvalue weighted by atomic mass is 16.5. The molecule has 0 radical (unpaired) electrons. The first-order valence-electron chi connectivity index (χ1n) is 6.65. The Hall–Kier alpha value is -3.19. The first-order valence-corrected chi connectivity index (χ1v) is 6.65. The third-order valence-electron chi connectivity index (χ3n) is 2.96. The summed E-state index contributed by atoms with van der Waals surface area (Å²) in [5, 5.41) is 10.8. The van der Waals surface area contributed by atoms with Crippen LogP contribution in [0.3, 0.4) is 0 Å². The number of anilines is 1. The fourth-order valence-corrected chi connectivity index (χ4v) is 1.77. The topological polar surface area (TPSA) is 119 Å². The normalized spacial score (nSPS) is 9.96. The number of ether oxygens (including phenoxy) is 1. The third kappa shape index (κ3) is 4.14. The number of aliphatic carboxylic acids is 1. The molecule has 4 N–H and O–H groups in total. The maximum absolute atomic E-state index is 12.1. The van der Waals surface area contributed by atoms with Crippen LogP contribution in [0.2, 0.25) is 0 Å². The molecule has 23 heavy (non-hydrogen) atoms. The molecule has 7 heteroatoms. The number of rotatable bonds is 4. The molecule has 0 aliphatic rings. The lowest BCUT2D eigenvalue weighted by Gasteiger charge is -2.10. The van der Waals surface area contributed by atoms with Gasteiger partial charge in [0.15, 0.2) is 5.75 Å². The summed E-state index contributed by atoms with van der Waals surface area (Å²) < 4.78 is 5.21. The summed E-state index contributed by atoms with van der Waals surface area (Å²) in [4.78, 5) is 33.9. The fourth-order valence-electron chi connectivity index (χ4n) is 1.77. The summed E-state index contributed by atoms with van der Waals surface area (Å²) >= 11 is 0. The first kappa shape index (κ1) is 16.2. The zero-order chi connectivity index (χ0) is 16.8. The molecule has 0 bridgehead atoms. The molecule has 2 aromatic carbocycles. The molecule has 2 rings (SSSR count). The van der Waals surface area contributed by atoms with Gasteiger partial charge in [0.2, 0.25) is 0 Å². The van der Waals surface area contributed by atoms with Gasteiger partial charge in [0.1, 0.15) is 0 Å². The molecular weight excluding hydrogens is 300 g/mol. The molecule has 0 unspecified atom stereocenters. The maximum Gasteiger partial charge on any atom is 0.394 e. The average molecular weight is 314 g/mol. The molecule has 0 atom stereocenters. The van der Waals surface area contributed by atoms with Gasteiger partial charge in [-0.05, 0) is 29.8 Å². The maximum atomic E-state index is 12.1. The van der Waals surface area contributed by atoms with Crippen molar-refractivity contribution in [2.75, 3.05) is 5.32 Å². The van der Waals surface area contributed by atoms with Crippen LogP contribution in [-0.2, 0) is 16.1 Å². The highest BCUT2D eigenvalue weighted by Crippen LogP contribution is 2.24. The minimum Gasteiger partial charge on any atom is -0.474 e. The van der Waals surface area contributed by atoms with Gasteiger partial charge in [-0.1, -0.05) is 24.3 Å². The van der Waals surface area contributed by atoms with E-state index in [0.29, 0.717) is 12.1 Å². The monoisotopic (exact) mass is 314 g/mol. The summed E-state index contributed by atoms with van der Waals surface area (Å²) in [5.74, 6) is -3.44. The van der Waals surface area contributed by atoms with Gasteiger partial charge in [-0.25, -0.2) is 9.59 Å². The van der Waals surface area contributed by atoms with E-state index in [-0.39, 0.29) is 11.4 Å². The standard InChI is InChI=1S/C16H14N2O5/c17-9-10-5-7-11(8-6-10)16(22)23-13-4-2-1-3-12(13)18-14(19)15(20)21/h1-8H,9,17H2,(H,18,19)(H,20,21). The van der Waals surface area contributed by atoms with E-state index in [2.05, 4.69) is 5.32 Å². The Bertz CT molecular complexity index is 740. The largest absolute Gasteiger partial charge is 0.474 e. The lowest BCUT2D eigenvalue weighted by molar-refractivity contribution is -0.147. The van der Waals surface area contributed by atoms with Gasteiger partial charge < -0.3 is 20.9 Å². The van der Waals surface area contributed by atoms with Crippen LogP contribution in [0.5, 0.6) is 5.75 Å². The molecule has 0 heterocycles. The van der Waals surface area contributed by atoms with Crippen molar-refractivity contribution in [3.8, 4) is 5.75 Å². The van der Waals surface area contributed by atoms with E-state index in [0.717, 1.165) is 5.56 Å². The molecular formula is C16H14N2O5. The van der Waals surface area contributed by atoms with Crippen LogP contribution in [-0.4, -0.2) is 23.0 Å². The molecule has 1 amide bonds. The van der Waals surface area contributed by atoms with Crippen molar-refractivity contribution in [1.29, 1.82) is 0 Å². The van der Waals surface area contributed by atoms with E-state index in [1.165, 1.54) is 12.1 Å². The number of nitrogens with one attached hydrogen (secondary N) is 1. The second-order valence-corrected chi connectivity index (χ2v) is 4.55. The summed E-state index contributed by atoms with van der Waals surface area (Å²) in [7, 11) is 0. The highest BCUT2D eigenvalue weighted by molar-refractivity contribution is 6.36. The van der Waals surface area contributed by atoms with Crippen LogP contribution in [0.1, 0.15) is 15.9 Å². The van der Waals surface area contributed by atoms with Crippen LogP contribution in [0.4, 0.5) is 5.69 Å². The van der Waals surface area contributed by atoms with Gasteiger partial charge in [0, 0.05) is 6.54 Å². The highest BCUT2D eigenvalue weighted by Gasteiger charge is 2.16. The number of carbonyl (C=O) groups excluding carboxylic acids is 2. The van der Waals surface area contributed by atoms with E-state index < -0.39 is 17.8 Å². The number of para-hydroxylation sites is 2. The molecule has 7 nitrogen and oxygen atoms in total. The van der Waals surface area contributed by atoms with Gasteiger partial charge in [0.25, 0.3) is 0 Å². The zero-order valence-corrected chi connectivity index (χ0v) is 12.0. The number of carboxylic acids is 1. The average Bonchev–Trinajstić information content (AvgIpc) is 2.56. The van der Waals surface area contributed by atoms with Crippen LogP contribution in [0, 0.1) is 0 Å². The van der Waals surface area contributed by atoms with Crippen LogP contribution < -0.4 is 15.8 Å². The number of hydrogen-bond acceptors (Lipinski definition) is 5. The van der Waals surface area contributed by atoms with Crippen LogP contribution in [0.25, 0.3) is 0 Å². The van der Waals surface area contributed by atoms with Crippen molar-refractivity contribution in [3.05, 3.63) is 59.7 Å². The smallest absolute Gasteiger partial charge is 0.394 e. The molecule has 0 fully saturated rings. The minimum atomic E-state index is -1.64. The lowest BCUT2D eigenvalue weighted by atomic mass is 10.1. The number of hydrogen-bond donors (Lipinski definition) is 3. The van der Waals surface area contributed by atoms with E-state index in [9.17, 15) is 14.4 Å². The van der Waals surface area contributed by atoms with Gasteiger partial charge in [0.05, 0.1) is 11.3 Å². The second-order valence-electron chi connectivity index (χ2n) is 4.55. The second kappa shape index (κ2) is 7.19. The number of nitrogens with two attached hydrogens (primary N) is 1. The third-order valence-corrected chi connectivity index (χ3v) is 2.96. The number of esters is 1. The Labute approximate surface area is 131 Å². The number of benzene rings is 2. The fraction of sp³-hybridized carbons (Fsp3) is 0.0625. The quantitative estimate of drug-likeness (QED) is 0.446. The molecule has 2 aromatic rings. The Morgan fingerprint density at radius 2 is 1.70 bits per heavy atom. The Morgan fingerprint density at radius 1 is 1.04 bits per heavy atom. The van der Waals surface area contributed by atoms with E-state index in [1.807, 2.05) is 0 Å². The van der Waals surface area contributed by atoms with Crippen molar-refractivity contribution in [1.82, 2.24) is 0 Å². The van der Waals surface area contributed by atoms with Gasteiger partial charge in [-0.3, -0.25) is 4.79 Å². The summed E-state index contributed by atoms with van der Waals surface area (Å²) in [5.41, 5.74) is 6.75.